The summed E-state index contributed by atoms with van der Waals surface area (Å²) in [7, 11) is 1.30. The van der Waals surface area contributed by atoms with Gasteiger partial charge in [0.15, 0.2) is 22.3 Å². The van der Waals surface area contributed by atoms with Gasteiger partial charge in [-0.15, -0.1) is 11.3 Å². The fraction of sp³-hybridized carbons (Fsp3) is 0.385. The van der Waals surface area contributed by atoms with E-state index in [-0.39, 0.29) is 28.1 Å². The van der Waals surface area contributed by atoms with Crippen molar-refractivity contribution in [1.82, 2.24) is 15.6 Å². The lowest BCUT2D eigenvalue weighted by molar-refractivity contribution is -0.136. The maximum absolute atomic E-state index is 14.5. The van der Waals surface area contributed by atoms with Crippen molar-refractivity contribution in [3.05, 3.63) is 74.4 Å². The third-order valence-electron chi connectivity index (χ3n) is 7.34. The van der Waals surface area contributed by atoms with E-state index < -0.39 is 29.5 Å². The second-order valence-electron chi connectivity index (χ2n) is 9.54. The third kappa shape index (κ3) is 4.76. The summed E-state index contributed by atoms with van der Waals surface area (Å²) in [5, 5.41) is 18.0. The molecule has 0 bridgehead atoms. The largest absolute Gasteiger partial charge is 0.476 e. The predicted octanol–water partition coefficient (Wildman–Crippen LogP) is 4.52. The van der Waals surface area contributed by atoms with Crippen molar-refractivity contribution in [3.8, 4) is 0 Å². The SMILES string of the molecule is COC(=O)C1=C(C2CCC(C3(C)NC(C(=O)O)=CO3)CC2)NC(c2nccs2)=NC1c1cccc(F)c1Cl. The molecule has 9 nitrogen and oxygen atoms in total. The van der Waals surface area contributed by atoms with Crippen molar-refractivity contribution in [2.75, 3.05) is 7.11 Å². The molecular formula is C26H26ClFN4O5S. The van der Waals surface area contributed by atoms with E-state index in [1.54, 1.807) is 12.3 Å². The lowest BCUT2D eigenvalue weighted by Crippen LogP contribution is -2.48. The highest BCUT2D eigenvalue weighted by Crippen LogP contribution is 2.44. The number of methoxy groups -OCH3 is 1. The van der Waals surface area contributed by atoms with Gasteiger partial charge in [-0.3, -0.25) is 4.99 Å². The Morgan fingerprint density at radius 1 is 1.29 bits per heavy atom. The van der Waals surface area contributed by atoms with Crippen molar-refractivity contribution in [2.24, 2.45) is 16.8 Å². The van der Waals surface area contributed by atoms with Crippen LogP contribution in [0.4, 0.5) is 4.39 Å². The number of carbonyl (C=O) groups is 2. The van der Waals surface area contributed by atoms with E-state index in [1.165, 1.54) is 36.8 Å². The molecule has 1 aliphatic carbocycles. The fourth-order valence-corrected chi connectivity index (χ4v) is 6.19. The second kappa shape index (κ2) is 10.4. The molecule has 2 unspecified atom stereocenters. The number of rotatable bonds is 6. The van der Waals surface area contributed by atoms with Crippen molar-refractivity contribution in [2.45, 2.75) is 44.4 Å². The molecule has 1 aromatic heterocycles. The van der Waals surface area contributed by atoms with E-state index in [0.29, 0.717) is 47.8 Å². The maximum atomic E-state index is 14.5. The second-order valence-corrected chi connectivity index (χ2v) is 10.8. The summed E-state index contributed by atoms with van der Waals surface area (Å²) < 4.78 is 25.4. The monoisotopic (exact) mass is 560 g/mol. The van der Waals surface area contributed by atoms with Crippen molar-refractivity contribution in [3.63, 3.8) is 0 Å². The fourth-order valence-electron chi connectivity index (χ4n) is 5.37. The van der Waals surface area contributed by atoms with Gasteiger partial charge in [-0.05, 0) is 44.6 Å². The molecule has 3 aliphatic rings. The number of esters is 1. The minimum Gasteiger partial charge on any atom is -0.476 e. The van der Waals surface area contributed by atoms with Gasteiger partial charge in [0.1, 0.15) is 18.1 Å². The summed E-state index contributed by atoms with van der Waals surface area (Å²) >= 11 is 7.76. The Kier molecular flexibility index (Phi) is 7.15. The molecule has 2 atom stereocenters. The molecule has 2 aromatic rings. The highest BCUT2D eigenvalue weighted by molar-refractivity contribution is 7.11. The van der Waals surface area contributed by atoms with Gasteiger partial charge in [-0.2, -0.15) is 0 Å². The molecule has 200 valence electrons. The van der Waals surface area contributed by atoms with Gasteiger partial charge in [0.25, 0.3) is 0 Å². The summed E-state index contributed by atoms with van der Waals surface area (Å²) in [5.41, 5.74) is 0.481. The number of carboxylic acid groups (broad SMARTS) is 1. The minimum atomic E-state index is -1.07. The smallest absolute Gasteiger partial charge is 0.355 e. The summed E-state index contributed by atoms with van der Waals surface area (Å²) in [5.74, 6) is -1.82. The van der Waals surface area contributed by atoms with E-state index in [0.717, 1.165) is 0 Å². The van der Waals surface area contributed by atoms with E-state index in [1.807, 2.05) is 12.3 Å². The minimum absolute atomic E-state index is 0.0263. The van der Waals surface area contributed by atoms with Gasteiger partial charge in [0, 0.05) is 28.8 Å². The van der Waals surface area contributed by atoms with Crippen LogP contribution < -0.4 is 10.6 Å². The predicted molar refractivity (Wildman–Crippen MR) is 139 cm³/mol. The van der Waals surface area contributed by atoms with E-state index in [9.17, 15) is 19.1 Å². The summed E-state index contributed by atoms with van der Waals surface area (Å²) in [6.45, 7) is 1.84. The molecule has 3 heterocycles. The third-order valence-corrected chi connectivity index (χ3v) is 8.52. The van der Waals surface area contributed by atoms with Crippen LogP contribution in [0.5, 0.6) is 0 Å². The first kappa shape index (κ1) is 26.2. The molecule has 12 heteroatoms. The van der Waals surface area contributed by atoms with Gasteiger partial charge in [-0.1, -0.05) is 23.7 Å². The van der Waals surface area contributed by atoms with Gasteiger partial charge in [0.2, 0.25) is 0 Å². The lowest BCUT2D eigenvalue weighted by atomic mass is 9.74. The number of aliphatic carboxylic acids is 1. The summed E-state index contributed by atoms with van der Waals surface area (Å²) in [6.07, 6.45) is 5.70. The zero-order valence-corrected chi connectivity index (χ0v) is 22.2. The van der Waals surface area contributed by atoms with Crippen LogP contribution in [0.2, 0.25) is 5.02 Å². The van der Waals surface area contributed by atoms with Crippen LogP contribution in [0.3, 0.4) is 0 Å². The number of amidine groups is 1. The molecule has 2 aliphatic heterocycles. The number of nitrogens with zero attached hydrogens (tertiary/aromatic N) is 2. The molecule has 1 fully saturated rings. The first-order valence-corrected chi connectivity index (χ1v) is 13.4. The van der Waals surface area contributed by atoms with E-state index >= 15 is 0 Å². The number of thiazole rings is 1. The first-order valence-electron chi connectivity index (χ1n) is 12.1. The summed E-state index contributed by atoms with van der Waals surface area (Å²) in [4.78, 5) is 33.7. The number of carbonyl (C=O) groups excluding carboxylic acids is 1. The Morgan fingerprint density at radius 3 is 2.68 bits per heavy atom. The van der Waals surface area contributed by atoms with Crippen molar-refractivity contribution < 1.29 is 28.6 Å². The number of hydrogen-bond donors (Lipinski definition) is 3. The Labute approximate surface area is 227 Å². The van der Waals surface area contributed by atoms with Crippen molar-refractivity contribution >= 4 is 40.7 Å². The molecule has 38 heavy (non-hydrogen) atoms. The van der Waals surface area contributed by atoms with Crippen molar-refractivity contribution in [1.29, 1.82) is 0 Å². The average molecular weight is 561 g/mol. The Bertz CT molecular complexity index is 1350. The highest BCUT2D eigenvalue weighted by Gasteiger charge is 2.44. The highest BCUT2D eigenvalue weighted by atomic mass is 35.5. The molecule has 3 N–H and O–H groups in total. The van der Waals surface area contributed by atoms with Gasteiger partial charge in [-0.25, -0.2) is 19.0 Å². The number of aromatic nitrogens is 1. The molecule has 0 amide bonds. The van der Waals surface area contributed by atoms with Crippen LogP contribution in [0.1, 0.15) is 49.2 Å². The Hall–Kier alpha value is -3.44. The normalized spacial score (nSPS) is 27.0. The number of halogens is 2. The van der Waals surface area contributed by atoms with Crippen LogP contribution in [0.25, 0.3) is 0 Å². The van der Waals surface area contributed by atoms with Crippen LogP contribution in [0.15, 0.2) is 58.0 Å². The van der Waals surface area contributed by atoms with E-state index in [2.05, 4.69) is 15.6 Å². The Morgan fingerprint density at radius 2 is 2.05 bits per heavy atom. The molecular weight excluding hydrogens is 535 g/mol. The molecule has 0 spiro atoms. The quantitative estimate of drug-likeness (QED) is 0.441. The molecule has 0 saturated heterocycles. The number of carboxylic acids is 1. The van der Waals surface area contributed by atoms with Crippen LogP contribution >= 0.6 is 22.9 Å². The molecule has 0 radical (unpaired) electrons. The van der Waals surface area contributed by atoms with Gasteiger partial charge in [0.05, 0.1) is 17.7 Å². The van der Waals surface area contributed by atoms with Gasteiger partial charge >= 0.3 is 11.9 Å². The average Bonchev–Trinajstić information content (AvgIpc) is 3.60. The maximum Gasteiger partial charge on any atom is 0.355 e. The molecule has 1 aromatic carbocycles. The Balaban J connectivity index is 1.49. The number of nitrogens with one attached hydrogen (secondary N) is 2. The number of aliphatic imine (C=N–C) groups is 1. The van der Waals surface area contributed by atoms with E-state index in [4.69, 9.17) is 26.1 Å². The number of benzene rings is 1. The molecule has 1 saturated carbocycles. The van der Waals surface area contributed by atoms with Crippen LogP contribution in [-0.2, 0) is 19.1 Å². The number of allylic oxidation sites excluding steroid dienone is 1. The molecule has 5 rings (SSSR count). The number of hydrogen-bond acceptors (Lipinski definition) is 9. The zero-order chi connectivity index (χ0) is 27.0. The zero-order valence-electron chi connectivity index (χ0n) is 20.7. The summed E-state index contributed by atoms with van der Waals surface area (Å²) in [6, 6.07) is 3.55. The van der Waals surface area contributed by atoms with Crippen LogP contribution in [0, 0.1) is 17.7 Å². The van der Waals surface area contributed by atoms with Gasteiger partial charge < -0.3 is 25.2 Å². The number of ether oxygens (including phenoxy) is 2. The first-order chi connectivity index (χ1) is 18.2. The standard InChI is InChI=1S/C26H26ClFN4O5S/c1-26(32-17(12-37-26)24(33)34)14-8-6-13(7-9-14)20-18(25(35)36-2)21(15-4-3-5-16(28)19(15)27)31-22(30-20)23-29-10-11-38-23/h3-5,10-14,21,32H,6-9H2,1-2H3,(H,30,31)(H,33,34). The topological polar surface area (TPSA) is 122 Å². The van der Waals surface area contributed by atoms with Crippen LogP contribution in [-0.4, -0.2) is 40.7 Å². The lowest BCUT2D eigenvalue weighted by Gasteiger charge is -2.40.